The Labute approximate surface area is 90.6 Å². The molecule has 0 radical (unpaired) electrons. The van der Waals surface area contributed by atoms with Gasteiger partial charge in [-0.2, -0.15) is 0 Å². The van der Waals surface area contributed by atoms with Crippen LogP contribution in [0.1, 0.15) is 34.1 Å². The van der Waals surface area contributed by atoms with Crippen LogP contribution >= 0.6 is 0 Å². The topological polar surface area (TPSA) is 46.6 Å². The Morgan fingerprint density at radius 1 is 1.47 bits per heavy atom. The molecule has 15 heavy (non-hydrogen) atoms. The van der Waals surface area contributed by atoms with Crippen LogP contribution in [0.3, 0.4) is 0 Å². The van der Waals surface area contributed by atoms with Crippen molar-refractivity contribution in [1.82, 2.24) is 4.90 Å². The Morgan fingerprint density at radius 2 is 2.07 bits per heavy atom. The first-order chi connectivity index (χ1) is 6.83. The van der Waals surface area contributed by atoms with Crippen molar-refractivity contribution in [2.24, 2.45) is 5.92 Å². The Morgan fingerprint density at radius 3 is 2.53 bits per heavy atom. The molecule has 1 aliphatic rings. The molecule has 0 aromatic heterocycles. The fourth-order valence-corrected chi connectivity index (χ4v) is 1.74. The Hall–Kier alpha value is -1.06. The summed E-state index contributed by atoms with van der Waals surface area (Å²) >= 11 is 0. The minimum atomic E-state index is -0.504. The molecule has 1 unspecified atom stereocenters. The minimum absolute atomic E-state index is 0.310. The molecule has 2 atom stereocenters. The third-order valence-electron chi connectivity index (χ3n) is 2.34. The van der Waals surface area contributed by atoms with Crippen LogP contribution in [0.25, 0.3) is 0 Å². The number of aldehydes is 1. The van der Waals surface area contributed by atoms with E-state index in [9.17, 15) is 9.59 Å². The lowest BCUT2D eigenvalue weighted by molar-refractivity contribution is -0.111. The average Bonchev–Trinajstić information content (AvgIpc) is 2.43. The monoisotopic (exact) mass is 213 g/mol. The van der Waals surface area contributed by atoms with E-state index in [4.69, 9.17) is 4.74 Å². The molecule has 4 heteroatoms. The molecule has 1 saturated heterocycles. The molecule has 4 nitrogen and oxygen atoms in total. The average molecular weight is 213 g/mol. The number of carbonyl (C=O) groups is 2. The molecule has 0 N–H and O–H groups in total. The van der Waals surface area contributed by atoms with Crippen LogP contribution < -0.4 is 0 Å². The van der Waals surface area contributed by atoms with Gasteiger partial charge in [0.25, 0.3) is 0 Å². The molecule has 1 heterocycles. The SMILES string of the molecule is C[C@@H]1CC(C=O)N(C(=O)OC(C)(C)C)C1. The molecule has 86 valence electrons. The van der Waals surface area contributed by atoms with Crippen molar-refractivity contribution in [1.29, 1.82) is 0 Å². The van der Waals surface area contributed by atoms with Gasteiger partial charge in [-0.15, -0.1) is 0 Å². The van der Waals surface area contributed by atoms with Crippen molar-refractivity contribution in [2.75, 3.05) is 6.54 Å². The van der Waals surface area contributed by atoms with Gasteiger partial charge in [-0.1, -0.05) is 6.92 Å². The van der Waals surface area contributed by atoms with Gasteiger partial charge in [0, 0.05) is 6.54 Å². The molecule has 1 rings (SSSR count). The summed E-state index contributed by atoms with van der Waals surface area (Å²) in [4.78, 5) is 24.0. The molecular formula is C11H19NO3. The highest BCUT2D eigenvalue weighted by Gasteiger charge is 2.35. The van der Waals surface area contributed by atoms with Crippen molar-refractivity contribution < 1.29 is 14.3 Å². The molecule has 0 aliphatic carbocycles. The molecule has 0 bridgehead atoms. The number of rotatable bonds is 1. The number of nitrogens with zero attached hydrogens (tertiary/aromatic N) is 1. The smallest absolute Gasteiger partial charge is 0.410 e. The maximum atomic E-state index is 11.7. The Kier molecular flexibility index (Phi) is 3.37. The Bertz CT molecular complexity index is 257. The van der Waals surface area contributed by atoms with Crippen molar-refractivity contribution in [3.8, 4) is 0 Å². The van der Waals surface area contributed by atoms with E-state index in [1.54, 1.807) is 0 Å². The fourth-order valence-electron chi connectivity index (χ4n) is 1.74. The quantitative estimate of drug-likeness (QED) is 0.624. The summed E-state index contributed by atoms with van der Waals surface area (Å²) in [7, 11) is 0. The molecule has 0 spiro atoms. The third-order valence-corrected chi connectivity index (χ3v) is 2.34. The number of carbonyl (C=O) groups excluding carboxylic acids is 2. The van der Waals surface area contributed by atoms with Crippen LogP contribution in [-0.2, 0) is 9.53 Å². The second kappa shape index (κ2) is 4.21. The summed E-state index contributed by atoms with van der Waals surface area (Å²) in [5.74, 6) is 0.368. The van der Waals surface area contributed by atoms with Gasteiger partial charge in [-0.3, -0.25) is 4.90 Å². The minimum Gasteiger partial charge on any atom is -0.444 e. The fraction of sp³-hybridized carbons (Fsp3) is 0.818. The van der Waals surface area contributed by atoms with E-state index < -0.39 is 5.60 Å². The first-order valence-corrected chi connectivity index (χ1v) is 5.28. The second-order valence-corrected chi connectivity index (χ2v) is 5.18. The van der Waals surface area contributed by atoms with Gasteiger partial charge in [0.15, 0.2) is 0 Å². The molecule has 1 amide bonds. The van der Waals surface area contributed by atoms with E-state index in [2.05, 4.69) is 0 Å². The normalized spacial score (nSPS) is 26.5. The number of hydrogen-bond acceptors (Lipinski definition) is 3. The van der Waals surface area contributed by atoms with Gasteiger partial charge in [-0.05, 0) is 33.1 Å². The molecular weight excluding hydrogens is 194 g/mol. The van der Waals surface area contributed by atoms with E-state index in [1.165, 1.54) is 4.90 Å². The number of amides is 1. The van der Waals surface area contributed by atoms with Crippen LogP contribution in [0.2, 0.25) is 0 Å². The summed E-state index contributed by atoms with van der Waals surface area (Å²) in [6, 6.07) is -0.310. The lowest BCUT2D eigenvalue weighted by atomic mass is 10.1. The maximum absolute atomic E-state index is 11.7. The van der Waals surface area contributed by atoms with E-state index in [0.717, 1.165) is 12.7 Å². The molecule has 0 aromatic rings. The zero-order chi connectivity index (χ0) is 11.6. The van der Waals surface area contributed by atoms with Crippen LogP contribution in [-0.4, -0.2) is 35.5 Å². The van der Waals surface area contributed by atoms with E-state index >= 15 is 0 Å². The molecule has 1 fully saturated rings. The van der Waals surface area contributed by atoms with E-state index in [-0.39, 0.29) is 12.1 Å². The van der Waals surface area contributed by atoms with Crippen LogP contribution in [0.5, 0.6) is 0 Å². The van der Waals surface area contributed by atoms with Crippen molar-refractivity contribution in [3.05, 3.63) is 0 Å². The van der Waals surface area contributed by atoms with Gasteiger partial charge in [0.2, 0.25) is 0 Å². The number of hydrogen-bond donors (Lipinski definition) is 0. The maximum Gasteiger partial charge on any atom is 0.410 e. The zero-order valence-electron chi connectivity index (χ0n) is 9.82. The lowest BCUT2D eigenvalue weighted by Crippen LogP contribution is -2.40. The first kappa shape index (κ1) is 12.0. The number of ether oxygens (including phenoxy) is 1. The summed E-state index contributed by atoms with van der Waals surface area (Å²) < 4.78 is 5.23. The lowest BCUT2D eigenvalue weighted by Gasteiger charge is -2.26. The zero-order valence-corrected chi connectivity index (χ0v) is 9.82. The highest BCUT2D eigenvalue weighted by molar-refractivity contribution is 5.74. The van der Waals surface area contributed by atoms with Crippen molar-refractivity contribution in [2.45, 2.75) is 45.8 Å². The molecule has 0 saturated carbocycles. The predicted octanol–water partition coefficient (Wildman–Crippen LogP) is 1.83. The highest BCUT2D eigenvalue weighted by atomic mass is 16.6. The van der Waals surface area contributed by atoms with Crippen LogP contribution in [0, 0.1) is 5.92 Å². The summed E-state index contributed by atoms with van der Waals surface area (Å²) in [6.07, 6.45) is 1.18. The van der Waals surface area contributed by atoms with E-state index in [0.29, 0.717) is 12.5 Å². The molecule has 1 aliphatic heterocycles. The van der Waals surface area contributed by atoms with Crippen molar-refractivity contribution in [3.63, 3.8) is 0 Å². The predicted molar refractivity (Wildman–Crippen MR) is 56.6 cm³/mol. The van der Waals surface area contributed by atoms with Crippen LogP contribution in [0.4, 0.5) is 4.79 Å². The number of likely N-dealkylation sites (tertiary alicyclic amines) is 1. The van der Waals surface area contributed by atoms with Crippen molar-refractivity contribution >= 4 is 12.4 Å². The largest absolute Gasteiger partial charge is 0.444 e. The Balaban J connectivity index is 2.63. The van der Waals surface area contributed by atoms with Gasteiger partial charge in [0.1, 0.15) is 11.9 Å². The summed E-state index contributed by atoms with van der Waals surface area (Å²) in [5.41, 5.74) is -0.504. The standard InChI is InChI=1S/C11H19NO3/c1-8-5-9(7-13)12(6-8)10(14)15-11(2,3)4/h7-9H,5-6H2,1-4H3/t8-,9?/m1/s1. The van der Waals surface area contributed by atoms with Crippen LogP contribution in [0.15, 0.2) is 0 Å². The summed E-state index contributed by atoms with van der Waals surface area (Å²) in [6.45, 7) is 8.10. The van der Waals surface area contributed by atoms with Gasteiger partial charge in [0.05, 0.1) is 6.04 Å². The second-order valence-electron chi connectivity index (χ2n) is 5.18. The first-order valence-electron chi connectivity index (χ1n) is 5.28. The third kappa shape index (κ3) is 3.22. The highest BCUT2D eigenvalue weighted by Crippen LogP contribution is 2.23. The van der Waals surface area contributed by atoms with E-state index in [1.807, 2.05) is 27.7 Å². The van der Waals surface area contributed by atoms with Gasteiger partial charge < -0.3 is 9.53 Å². The van der Waals surface area contributed by atoms with Gasteiger partial charge in [-0.25, -0.2) is 4.79 Å². The van der Waals surface area contributed by atoms with Gasteiger partial charge >= 0.3 is 6.09 Å². The molecule has 0 aromatic carbocycles. The summed E-state index contributed by atoms with van der Waals surface area (Å²) in [5, 5.41) is 0.